The Morgan fingerprint density at radius 2 is 1.88 bits per heavy atom. The van der Waals surface area contributed by atoms with E-state index in [9.17, 15) is 0 Å². The lowest BCUT2D eigenvalue weighted by atomic mass is 9.90. The lowest BCUT2D eigenvalue weighted by Crippen LogP contribution is -2.15. The van der Waals surface area contributed by atoms with Crippen molar-refractivity contribution in [2.45, 2.75) is 32.1 Å². The van der Waals surface area contributed by atoms with Crippen LogP contribution in [0.4, 0.5) is 11.5 Å². The van der Waals surface area contributed by atoms with Crippen LogP contribution in [0.1, 0.15) is 32.1 Å². The van der Waals surface area contributed by atoms with E-state index in [4.69, 9.17) is 4.74 Å². The third-order valence-electron chi connectivity index (χ3n) is 4.61. The molecule has 1 N–H and O–H groups in total. The summed E-state index contributed by atoms with van der Waals surface area (Å²) in [6.45, 7) is 0.841. The maximum absolute atomic E-state index is 5.96. The smallest absolute Gasteiger partial charge is 0.142 e. The van der Waals surface area contributed by atoms with E-state index in [0.29, 0.717) is 0 Å². The minimum atomic E-state index is 0.726. The molecule has 0 bridgehead atoms. The van der Waals surface area contributed by atoms with Crippen molar-refractivity contribution in [3.63, 3.8) is 0 Å². The van der Waals surface area contributed by atoms with E-state index in [1.165, 1.54) is 32.1 Å². The molecule has 1 aromatic carbocycles. The first-order chi connectivity index (χ1) is 11.9. The molecule has 4 nitrogen and oxygen atoms in total. The van der Waals surface area contributed by atoms with Crippen molar-refractivity contribution in [3.05, 3.63) is 41.4 Å². The number of nitrogens with zero attached hydrogens (tertiary/aromatic N) is 2. The first-order valence-corrected chi connectivity index (χ1v) is 9.49. The summed E-state index contributed by atoms with van der Waals surface area (Å²) in [5.41, 5.74) is 1.98. The average Bonchev–Trinajstić information content (AvgIpc) is 3.12. The van der Waals surface area contributed by atoms with E-state index in [1.54, 1.807) is 17.7 Å². The monoisotopic (exact) mass is 339 g/mol. The quantitative estimate of drug-likeness (QED) is 0.676. The maximum Gasteiger partial charge on any atom is 0.142 e. The summed E-state index contributed by atoms with van der Waals surface area (Å²) in [5, 5.41) is 8.52. The van der Waals surface area contributed by atoms with Gasteiger partial charge in [0, 0.05) is 16.4 Å². The number of aromatic nitrogens is 2. The van der Waals surface area contributed by atoms with Gasteiger partial charge in [-0.3, -0.25) is 0 Å². The van der Waals surface area contributed by atoms with E-state index in [-0.39, 0.29) is 0 Å². The normalized spacial score (nSPS) is 15.5. The molecule has 0 amide bonds. The first kappa shape index (κ1) is 15.4. The second kappa shape index (κ2) is 7.18. The Morgan fingerprint density at radius 3 is 2.71 bits per heavy atom. The van der Waals surface area contributed by atoms with Crippen LogP contribution in [-0.2, 0) is 0 Å². The predicted octanol–water partition coefficient (Wildman–Crippen LogP) is 5.39. The van der Waals surface area contributed by atoms with Crippen LogP contribution in [0, 0.1) is 5.92 Å². The molecule has 0 radical (unpaired) electrons. The van der Waals surface area contributed by atoms with Crippen LogP contribution in [0.25, 0.3) is 10.9 Å². The molecular weight excluding hydrogens is 318 g/mol. The first-order valence-electron chi connectivity index (χ1n) is 8.55. The van der Waals surface area contributed by atoms with Crippen LogP contribution in [0.5, 0.6) is 5.75 Å². The zero-order chi connectivity index (χ0) is 16.2. The fourth-order valence-electron chi connectivity index (χ4n) is 3.22. The molecule has 1 aliphatic carbocycles. The van der Waals surface area contributed by atoms with Gasteiger partial charge in [0.25, 0.3) is 0 Å². The summed E-state index contributed by atoms with van der Waals surface area (Å²) in [4.78, 5) is 8.61. The number of thiophene rings is 1. The molecule has 1 fully saturated rings. The highest BCUT2D eigenvalue weighted by atomic mass is 32.1. The van der Waals surface area contributed by atoms with Gasteiger partial charge in [-0.15, -0.1) is 11.3 Å². The van der Waals surface area contributed by atoms with Crippen molar-refractivity contribution < 1.29 is 4.74 Å². The summed E-state index contributed by atoms with van der Waals surface area (Å²) in [6.07, 6.45) is 8.31. The van der Waals surface area contributed by atoms with E-state index in [2.05, 4.69) is 20.7 Å². The van der Waals surface area contributed by atoms with Gasteiger partial charge in [-0.25, -0.2) is 9.97 Å². The van der Waals surface area contributed by atoms with Gasteiger partial charge in [-0.05, 0) is 43.0 Å². The van der Waals surface area contributed by atoms with Crippen molar-refractivity contribution >= 4 is 33.7 Å². The Balaban J connectivity index is 1.39. The number of fused-ring (bicyclic) bond motifs is 1. The Bertz CT molecular complexity index is 794. The number of hydrogen-bond donors (Lipinski definition) is 1. The predicted molar refractivity (Wildman–Crippen MR) is 99.2 cm³/mol. The highest BCUT2D eigenvalue weighted by molar-refractivity contribution is 7.09. The van der Waals surface area contributed by atoms with Gasteiger partial charge < -0.3 is 10.1 Å². The Labute approximate surface area is 145 Å². The van der Waals surface area contributed by atoms with Gasteiger partial charge in [0.1, 0.15) is 17.9 Å². The van der Waals surface area contributed by atoms with Gasteiger partial charge in [0.15, 0.2) is 0 Å². The summed E-state index contributed by atoms with van der Waals surface area (Å²) in [6, 6.07) is 8.13. The molecule has 0 spiro atoms. The third kappa shape index (κ3) is 3.51. The summed E-state index contributed by atoms with van der Waals surface area (Å²) >= 11 is 1.64. The van der Waals surface area contributed by atoms with Crippen molar-refractivity contribution in [2.24, 2.45) is 5.92 Å². The van der Waals surface area contributed by atoms with Gasteiger partial charge in [-0.1, -0.05) is 19.3 Å². The standard InChI is InChI=1S/C19H21N3OS/c1-2-4-14(5-3-1)10-23-16-8-6-15(7-9-16)22-19-17-11-24-12-18(17)20-13-21-19/h6-9,11-14H,1-5,10H2,(H,20,21,22). The SMILES string of the molecule is c1nc(Nc2ccc(OCC3CCCCC3)cc2)c2cscc2n1. The van der Waals surface area contributed by atoms with Crippen LogP contribution in [0.15, 0.2) is 41.4 Å². The highest BCUT2D eigenvalue weighted by Gasteiger charge is 2.14. The Morgan fingerprint density at radius 1 is 1.04 bits per heavy atom. The molecule has 1 saturated carbocycles. The third-order valence-corrected chi connectivity index (χ3v) is 5.34. The lowest BCUT2D eigenvalue weighted by molar-refractivity contribution is 0.209. The van der Waals surface area contributed by atoms with Crippen LogP contribution in [0.2, 0.25) is 0 Å². The lowest BCUT2D eigenvalue weighted by Gasteiger charge is -2.21. The minimum absolute atomic E-state index is 0.726. The molecule has 5 heteroatoms. The van der Waals surface area contributed by atoms with Crippen molar-refractivity contribution in [3.8, 4) is 5.75 Å². The summed E-state index contributed by atoms with van der Waals surface area (Å²) < 4.78 is 5.96. The highest BCUT2D eigenvalue weighted by Crippen LogP contribution is 2.27. The zero-order valence-corrected chi connectivity index (χ0v) is 14.4. The number of benzene rings is 1. The van der Waals surface area contributed by atoms with Crippen LogP contribution >= 0.6 is 11.3 Å². The summed E-state index contributed by atoms with van der Waals surface area (Å²) in [7, 11) is 0. The van der Waals surface area contributed by atoms with Crippen molar-refractivity contribution in [1.29, 1.82) is 0 Å². The van der Waals surface area contributed by atoms with Gasteiger partial charge in [-0.2, -0.15) is 0 Å². The average molecular weight is 339 g/mol. The topological polar surface area (TPSA) is 47.0 Å². The Kier molecular flexibility index (Phi) is 4.60. The second-order valence-electron chi connectivity index (χ2n) is 6.36. The largest absolute Gasteiger partial charge is 0.493 e. The van der Waals surface area contributed by atoms with Crippen molar-refractivity contribution in [1.82, 2.24) is 9.97 Å². The van der Waals surface area contributed by atoms with E-state index in [0.717, 1.165) is 40.7 Å². The molecule has 3 aromatic rings. The number of ether oxygens (including phenoxy) is 1. The van der Waals surface area contributed by atoms with E-state index < -0.39 is 0 Å². The fourth-order valence-corrected chi connectivity index (χ4v) is 3.98. The fraction of sp³-hybridized carbons (Fsp3) is 0.368. The zero-order valence-electron chi connectivity index (χ0n) is 13.6. The number of anilines is 2. The molecule has 0 aliphatic heterocycles. The molecule has 2 aromatic heterocycles. The van der Waals surface area contributed by atoms with Crippen molar-refractivity contribution in [2.75, 3.05) is 11.9 Å². The number of nitrogens with one attached hydrogen (secondary N) is 1. The molecule has 0 atom stereocenters. The molecule has 2 heterocycles. The minimum Gasteiger partial charge on any atom is -0.493 e. The molecule has 0 unspecified atom stereocenters. The molecule has 4 rings (SSSR count). The number of hydrogen-bond acceptors (Lipinski definition) is 5. The summed E-state index contributed by atoms with van der Waals surface area (Å²) in [5.74, 6) is 2.51. The Hall–Kier alpha value is -2.14. The molecule has 0 saturated heterocycles. The molecule has 124 valence electrons. The molecular formula is C19H21N3OS. The van der Waals surface area contributed by atoms with Gasteiger partial charge in [0.05, 0.1) is 17.5 Å². The van der Waals surface area contributed by atoms with Gasteiger partial charge >= 0.3 is 0 Å². The van der Waals surface area contributed by atoms with Crippen LogP contribution in [0.3, 0.4) is 0 Å². The van der Waals surface area contributed by atoms with E-state index in [1.807, 2.05) is 29.6 Å². The van der Waals surface area contributed by atoms with Crippen LogP contribution < -0.4 is 10.1 Å². The van der Waals surface area contributed by atoms with Crippen LogP contribution in [-0.4, -0.2) is 16.6 Å². The molecule has 24 heavy (non-hydrogen) atoms. The second-order valence-corrected chi connectivity index (χ2v) is 7.10. The van der Waals surface area contributed by atoms with Gasteiger partial charge in [0.2, 0.25) is 0 Å². The molecule has 1 aliphatic rings. The van der Waals surface area contributed by atoms with E-state index >= 15 is 0 Å². The maximum atomic E-state index is 5.96. The number of rotatable bonds is 5.